The molecule has 0 spiro atoms. The zero-order chi connectivity index (χ0) is 12.1. The molecule has 4 N–H and O–H groups in total. The maximum atomic E-state index is 11.3. The van der Waals surface area contributed by atoms with E-state index in [1.807, 2.05) is 6.92 Å². The SMILES string of the molecule is CCc1oc(C(=O)OC)cc1CSC(N)=[NH2+]. The summed E-state index contributed by atoms with van der Waals surface area (Å²) in [5, 5.41) is 5.65. The second-order valence-electron chi connectivity index (χ2n) is 3.10. The minimum Gasteiger partial charge on any atom is -0.463 e. The van der Waals surface area contributed by atoms with Crippen molar-refractivity contribution in [2.45, 2.75) is 19.1 Å². The number of aryl methyl sites for hydroxylation is 1. The quantitative estimate of drug-likeness (QED) is 0.439. The summed E-state index contributed by atoms with van der Waals surface area (Å²) in [6, 6.07) is 1.67. The lowest BCUT2D eigenvalue weighted by molar-refractivity contribution is -0.110. The number of thioether (sulfide) groups is 1. The molecule has 0 aromatic carbocycles. The Bertz CT molecular complexity index is 401. The number of methoxy groups -OCH3 is 1. The van der Waals surface area contributed by atoms with E-state index in [4.69, 9.17) is 15.6 Å². The summed E-state index contributed by atoms with van der Waals surface area (Å²) < 4.78 is 9.95. The highest BCUT2D eigenvalue weighted by Crippen LogP contribution is 2.21. The van der Waals surface area contributed by atoms with Crippen LogP contribution in [0.15, 0.2) is 10.5 Å². The van der Waals surface area contributed by atoms with Crippen LogP contribution in [0.3, 0.4) is 0 Å². The van der Waals surface area contributed by atoms with Crippen LogP contribution in [0.2, 0.25) is 0 Å². The number of hydrogen-bond donors (Lipinski definition) is 2. The third-order valence-electron chi connectivity index (χ3n) is 2.00. The molecule has 0 aliphatic rings. The molecule has 0 bridgehead atoms. The average Bonchev–Trinajstić information content (AvgIpc) is 2.68. The number of nitrogens with two attached hydrogens (primary N) is 2. The van der Waals surface area contributed by atoms with Crippen LogP contribution in [0, 0.1) is 0 Å². The molecule has 16 heavy (non-hydrogen) atoms. The van der Waals surface area contributed by atoms with Gasteiger partial charge >= 0.3 is 5.97 Å². The van der Waals surface area contributed by atoms with E-state index < -0.39 is 5.97 Å². The zero-order valence-electron chi connectivity index (χ0n) is 9.28. The first-order chi connectivity index (χ1) is 7.58. The van der Waals surface area contributed by atoms with Crippen LogP contribution in [0.1, 0.15) is 28.8 Å². The first-order valence-corrected chi connectivity index (χ1v) is 5.77. The van der Waals surface area contributed by atoms with Crippen molar-refractivity contribution in [1.29, 1.82) is 0 Å². The second-order valence-corrected chi connectivity index (χ2v) is 4.14. The van der Waals surface area contributed by atoms with Gasteiger partial charge in [-0.2, -0.15) is 0 Å². The van der Waals surface area contributed by atoms with Gasteiger partial charge in [0, 0.05) is 17.7 Å². The van der Waals surface area contributed by atoms with Gasteiger partial charge in [-0.25, -0.2) is 4.79 Å². The van der Waals surface area contributed by atoms with Crippen LogP contribution >= 0.6 is 11.8 Å². The number of amidine groups is 1. The van der Waals surface area contributed by atoms with Crippen molar-refractivity contribution in [3.05, 3.63) is 23.2 Å². The standard InChI is InChI=1S/C10H14N2O3S/c1-3-7-6(5-16-10(11)12)4-8(15-7)9(13)14-2/h4H,3,5H2,1-2H3,(H3,11,12)/p+1. The van der Waals surface area contributed by atoms with Crippen molar-refractivity contribution in [3.63, 3.8) is 0 Å². The summed E-state index contributed by atoms with van der Waals surface area (Å²) in [4.78, 5) is 11.3. The first kappa shape index (κ1) is 12.6. The van der Waals surface area contributed by atoms with Crippen molar-refractivity contribution >= 4 is 22.9 Å². The lowest BCUT2D eigenvalue weighted by Crippen LogP contribution is -2.43. The highest BCUT2D eigenvalue weighted by atomic mass is 32.2. The van der Waals surface area contributed by atoms with Crippen LogP contribution in [-0.2, 0) is 16.9 Å². The summed E-state index contributed by atoms with van der Waals surface area (Å²) in [7, 11) is 1.32. The largest absolute Gasteiger partial charge is 0.463 e. The predicted octanol–water partition coefficient (Wildman–Crippen LogP) is -0.0644. The molecule has 0 amide bonds. The Balaban J connectivity index is 2.86. The van der Waals surface area contributed by atoms with Gasteiger partial charge in [-0.1, -0.05) is 6.92 Å². The summed E-state index contributed by atoms with van der Waals surface area (Å²) in [6.45, 7) is 1.95. The average molecular weight is 243 g/mol. The van der Waals surface area contributed by atoms with E-state index in [9.17, 15) is 4.79 Å². The first-order valence-electron chi connectivity index (χ1n) is 4.79. The lowest BCUT2D eigenvalue weighted by atomic mass is 10.2. The van der Waals surface area contributed by atoms with E-state index in [-0.39, 0.29) is 5.76 Å². The molecule has 1 aromatic rings. The molecule has 0 aliphatic heterocycles. The summed E-state index contributed by atoms with van der Waals surface area (Å²) >= 11 is 1.31. The number of esters is 1. The number of carbonyl (C=O) groups excluding carboxylic acids is 1. The van der Waals surface area contributed by atoms with Crippen LogP contribution in [-0.4, -0.2) is 18.2 Å². The molecule has 0 saturated carbocycles. The van der Waals surface area contributed by atoms with Gasteiger partial charge in [0.1, 0.15) is 5.76 Å². The van der Waals surface area contributed by atoms with Crippen molar-refractivity contribution < 1.29 is 19.4 Å². The van der Waals surface area contributed by atoms with Crippen molar-refractivity contribution in [3.8, 4) is 0 Å². The molecule has 0 saturated heterocycles. The number of ether oxygens (including phenoxy) is 1. The summed E-state index contributed by atoms with van der Waals surface area (Å²) in [5.41, 5.74) is 6.28. The minimum absolute atomic E-state index is 0.213. The molecule has 0 radical (unpaired) electrons. The molecule has 88 valence electrons. The van der Waals surface area contributed by atoms with Crippen molar-refractivity contribution in [2.75, 3.05) is 7.11 Å². The van der Waals surface area contributed by atoms with Gasteiger partial charge in [0.05, 0.1) is 7.11 Å². The van der Waals surface area contributed by atoms with E-state index in [0.717, 1.165) is 11.3 Å². The molecule has 0 atom stereocenters. The van der Waals surface area contributed by atoms with Crippen LogP contribution in [0.5, 0.6) is 0 Å². The number of furan rings is 1. The third kappa shape index (κ3) is 3.03. The highest BCUT2D eigenvalue weighted by molar-refractivity contribution is 8.12. The number of hydrogen-bond acceptors (Lipinski definition) is 4. The van der Waals surface area contributed by atoms with Crippen LogP contribution in [0.25, 0.3) is 0 Å². The molecule has 6 heteroatoms. The Kier molecular flexibility index (Phi) is 4.42. The Hall–Kier alpha value is -1.43. The third-order valence-corrected chi connectivity index (χ3v) is 2.79. The van der Waals surface area contributed by atoms with E-state index >= 15 is 0 Å². The maximum absolute atomic E-state index is 11.3. The highest BCUT2D eigenvalue weighted by Gasteiger charge is 2.16. The predicted molar refractivity (Wildman–Crippen MR) is 61.8 cm³/mol. The zero-order valence-corrected chi connectivity index (χ0v) is 10.1. The van der Waals surface area contributed by atoms with Gasteiger partial charge in [-0.3, -0.25) is 11.1 Å². The molecule has 1 aromatic heterocycles. The molecule has 1 heterocycles. The van der Waals surface area contributed by atoms with Gasteiger partial charge in [0.2, 0.25) is 5.76 Å². The fourth-order valence-corrected chi connectivity index (χ4v) is 1.82. The van der Waals surface area contributed by atoms with Gasteiger partial charge in [-0.15, -0.1) is 0 Å². The number of carbonyl (C=O) groups is 1. The fraction of sp³-hybridized carbons (Fsp3) is 0.400. The van der Waals surface area contributed by atoms with Gasteiger partial charge in [-0.05, 0) is 17.8 Å². The molecule has 0 aliphatic carbocycles. The Morgan fingerprint density at radius 3 is 2.88 bits per heavy atom. The molecule has 1 rings (SSSR count). The van der Waals surface area contributed by atoms with Crippen molar-refractivity contribution in [2.24, 2.45) is 5.73 Å². The smallest absolute Gasteiger partial charge is 0.373 e. The Morgan fingerprint density at radius 1 is 1.69 bits per heavy atom. The van der Waals surface area contributed by atoms with Gasteiger partial charge in [0.25, 0.3) is 5.17 Å². The number of rotatable bonds is 4. The van der Waals surface area contributed by atoms with E-state index in [2.05, 4.69) is 4.74 Å². The monoisotopic (exact) mass is 243 g/mol. The Labute approximate surface area is 97.8 Å². The lowest BCUT2D eigenvalue weighted by Gasteiger charge is -1.95. The normalized spacial score (nSPS) is 10.1. The molecular weight excluding hydrogens is 228 g/mol. The topological polar surface area (TPSA) is 91.0 Å². The van der Waals surface area contributed by atoms with E-state index in [1.165, 1.54) is 18.9 Å². The van der Waals surface area contributed by atoms with Gasteiger partial charge < -0.3 is 9.15 Å². The molecule has 0 fully saturated rings. The molecule has 5 nitrogen and oxygen atoms in total. The molecular formula is C10H15N2O3S+. The van der Waals surface area contributed by atoms with E-state index in [1.54, 1.807) is 6.07 Å². The minimum atomic E-state index is -0.476. The molecule has 0 unspecified atom stereocenters. The maximum Gasteiger partial charge on any atom is 0.373 e. The Morgan fingerprint density at radius 2 is 2.38 bits per heavy atom. The summed E-state index contributed by atoms with van der Waals surface area (Å²) in [6.07, 6.45) is 0.706. The van der Waals surface area contributed by atoms with Gasteiger partial charge in [0.15, 0.2) is 0 Å². The summed E-state index contributed by atoms with van der Waals surface area (Å²) in [5.74, 6) is 1.08. The van der Waals surface area contributed by atoms with Crippen LogP contribution in [0.4, 0.5) is 0 Å². The van der Waals surface area contributed by atoms with Crippen molar-refractivity contribution in [1.82, 2.24) is 0 Å². The second kappa shape index (κ2) is 5.60. The fourth-order valence-electron chi connectivity index (χ4n) is 1.25. The van der Waals surface area contributed by atoms with Crippen LogP contribution < -0.4 is 11.1 Å². The van der Waals surface area contributed by atoms with E-state index in [0.29, 0.717) is 17.3 Å².